The van der Waals surface area contributed by atoms with Crippen molar-refractivity contribution in [2.75, 3.05) is 19.8 Å². The second kappa shape index (κ2) is 10.7. The third-order valence-corrected chi connectivity index (χ3v) is 4.38. The first-order chi connectivity index (χ1) is 11.6. The van der Waals surface area contributed by atoms with Crippen molar-refractivity contribution in [2.45, 2.75) is 52.1 Å². The maximum absolute atomic E-state index is 12.6. The van der Waals surface area contributed by atoms with Gasteiger partial charge < -0.3 is 20.1 Å². The number of halogens is 2. The molecule has 1 fully saturated rings. The Labute approximate surface area is 161 Å². The molecule has 1 amide bonds. The Kier molecular flexibility index (Phi) is 9.39. The SMILES string of the molecule is CCCOc1c(Cl)cc(C(=O)NC2CCCNC2C)cc1OCC.Cl. The molecule has 0 aromatic heterocycles. The van der Waals surface area contributed by atoms with Gasteiger partial charge in [0.25, 0.3) is 5.91 Å². The highest BCUT2D eigenvalue weighted by Crippen LogP contribution is 2.37. The maximum Gasteiger partial charge on any atom is 0.251 e. The summed E-state index contributed by atoms with van der Waals surface area (Å²) in [7, 11) is 0. The zero-order valence-corrected chi connectivity index (χ0v) is 16.6. The Hall–Kier alpha value is -1.17. The first kappa shape index (κ1) is 21.9. The lowest BCUT2D eigenvalue weighted by molar-refractivity contribution is 0.0919. The number of carbonyl (C=O) groups is 1. The van der Waals surface area contributed by atoms with Crippen molar-refractivity contribution in [3.8, 4) is 11.5 Å². The minimum Gasteiger partial charge on any atom is -0.490 e. The van der Waals surface area contributed by atoms with Gasteiger partial charge in [0.2, 0.25) is 0 Å². The molecule has 1 heterocycles. The summed E-state index contributed by atoms with van der Waals surface area (Å²) < 4.78 is 11.3. The highest BCUT2D eigenvalue weighted by atomic mass is 35.5. The molecular formula is C18H28Cl2N2O3. The largest absolute Gasteiger partial charge is 0.490 e. The van der Waals surface area contributed by atoms with Crippen molar-refractivity contribution in [1.29, 1.82) is 0 Å². The molecule has 1 aliphatic heterocycles. The van der Waals surface area contributed by atoms with Gasteiger partial charge in [-0.15, -0.1) is 12.4 Å². The normalized spacial score (nSPS) is 19.7. The molecule has 142 valence electrons. The van der Waals surface area contributed by atoms with Crippen molar-refractivity contribution in [1.82, 2.24) is 10.6 Å². The molecule has 0 spiro atoms. The molecule has 0 bridgehead atoms. The van der Waals surface area contributed by atoms with E-state index in [4.69, 9.17) is 21.1 Å². The summed E-state index contributed by atoms with van der Waals surface area (Å²) in [4.78, 5) is 12.6. The van der Waals surface area contributed by atoms with Gasteiger partial charge in [0, 0.05) is 17.6 Å². The monoisotopic (exact) mass is 390 g/mol. The minimum absolute atomic E-state index is 0. The molecule has 1 aromatic carbocycles. The summed E-state index contributed by atoms with van der Waals surface area (Å²) in [5.41, 5.74) is 0.491. The zero-order chi connectivity index (χ0) is 17.5. The van der Waals surface area contributed by atoms with Crippen LogP contribution < -0.4 is 20.1 Å². The van der Waals surface area contributed by atoms with Crippen LogP contribution in [-0.4, -0.2) is 37.7 Å². The van der Waals surface area contributed by atoms with E-state index in [9.17, 15) is 4.79 Å². The predicted octanol–water partition coefficient (Wildman–Crippen LogP) is 3.82. The van der Waals surface area contributed by atoms with Crippen molar-refractivity contribution in [3.63, 3.8) is 0 Å². The van der Waals surface area contributed by atoms with Gasteiger partial charge in [-0.2, -0.15) is 0 Å². The standard InChI is InChI=1S/C18H27ClN2O3.ClH/c1-4-9-24-17-14(19)10-13(11-16(17)23-5-2)18(22)21-15-7-6-8-20-12(15)3;/h10-12,15,20H,4-9H2,1-3H3,(H,21,22);1H. The van der Waals surface area contributed by atoms with Gasteiger partial charge >= 0.3 is 0 Å². The molecule has 1 saturated heterocycles. The van der Waals surface area contributed by atoms with Crippen molar-refractivity contribution < 1.29 is 14.3 Å². The molecule has 5 nitrogen and oxygen atoms in total. The molecule has 25 heavy (non-hydrogen) atoms. The first-order valence-corrected chi connectivity index (χ1v) is 9.08. The van der Waals surface area contributed by atoms with Gasteiger partial charge in [-0.25, -0.2) is 0 Å². The van der Waals surface area contributed by atoms with E-state index in [-0.39, 0.29) is 30.4 Å². The summed E-state index contributed by atoms with van der Waals surface area (Å²) in [6.45, 7) is 8.03. The summed E-state index contributed by atoms with van der Waals surface area (Å²) in [6.07, 6.45) is 2.91. The lowest BCUT2D eigenvalue weighted by Gasteiger charge is -2.30. The van der Waals surface area contributed by atoms with E-state index in [1.807, 2.05) is 13.8 Å². The lowest BCUT2D eigenvalue weighted by Crippen LogP contribution is -2.51. The second-order valence-electron chi connectivity index (χ2n) is 6.03. The van der Waals surface area contributed by atoms with E-state index < -0.39 is 0 Å². The fraction of sp³-hybridized carbons (Fsp3) is 0.611. The van der Waals surface area contributed by atoms with E-state index in [1.54, 1.807) is 12.1 Å². The van der Waals surface area contributed by atoms with Gasteiger partial charge in [-0.1, -0.05) is 18.5 Å². The Bertz CT molecular complexity index is 569. The molecule has 7 heteroatoms. The Morgan fingerprint density at radius 3 is 2.76 bits per heavy atom. The number of nitrogens with one attached hydrogen (secondary N) is 2. The average Bonchev–Trinajstić information content (AvgIpc) is 2.56. The van der Waals surface area contributed by atoms with Gasteiger partial charge in [-0.05, 0) is 51.8 Å². The third-order valence-electron chi connectivity index (χ3n) is 4.10. The highest BCUT2D eigenvalue weighted by molar-refractivity contribution is 6.32. The summed E-state index contributed by atoms with van der Waals surface area (Å²) in [6, 6.07) is 3.73. The predicted molar refractivity (Wildman–Crippen MR) is 104 cm³/mol. The summed E-state index contributed by atoms with van der Waals surface area (Å²) in [5, 5.41) is 6.86. The number of carbonyl (C=O) groups excluding carboxylic acids is 1. The average molecular weight is 391 g/mol. The zero-order valence-electron chi connectivity index (χ0n) is 15.1. The number of ether oxygens (including phenoxy) is 2. The minimum atomic E-state index is -0.138. The number of hydrogen-bond donors (Lipinski definition) is 2. The van der Waals surface area contributed by atoms with Crippen LogP contribution >= 0.6 is 24.0 Å². The number of piperidine rings is 1. The van der Waals surface area contributed by atoms with Crippen LogP contribution in [0.15, 0.2) is 12.1 Å². The molecule has 0 radical (unpaired) electrons. The van der Waals surface area contributed by atoms with Crippen LogP contribution in [0.25, 0.3) is 0 Å². The van der Waals surface area contributed by atoms with Gasteiger partial charge in [0.05, 0.1) is 18.2 Å². The topological polar surface area (TPSA) is 59.6 Å². The molecule has 1 aliphatic rings. The van der Waals surface area contributed by atoms with Crippen molar-refractivity contribution >= 4 is 29.9 Å². The first-order valence-electron chi connectivity index (χ1n) is 8.70. The Morgan fingerprint density at radius 2 is 2.12 bits per heavy atom. The number of rotatable bonds is 7. The van der Waals surface area contributed by atoms with Gasteiger partial charge in [0.15, 0.2) is 11.5 Å². The summed E-state index contributed by atoms with van der Waals surface area (Å²) in [5.74, 6) is 0.878. The van der Waals surface area contributed by atoms with E-state index >= 15 is 0 Å². The smallest absolute Gasteiger partial charge is 0.251 e. The summed E-state index contributed by atoms with van der Waals surface area (Å²) >= 11 is 6.32. The molecule has 0 saturated carbocycles. The van der Waals surface area contributed by atoms with E-state index in [2.05, 4.69) is 17.6 Å². The number of hydrogen-bond acceptors (Lipinski definition) is 4. The fourth-order valence-electron chi connectivity index (χ4n) is 2.80. The van der Waals surface area contributed by atoms with Crippen LogP contribution in [0.4, 0.5) is 0 Å². The van der Waals surface area contributed by atoms with Crippen LogP contribution in [0.3, 0.4) is 0 Å². The number of benzene rings is 1. The van der Waals surface area contributed by atoms with E-state index in [0.29, 0.717) is 35.3 Å². The van der Waals surface area contributed by atoms with Crippen molar-refractivity contribution in [2.24, 2.45) is 0 Å². The van der Waals surface area contributed by atoms with Crippen LogP contribution in [0.5, 0.6) is 11.5 Å². The van der Waals surface area contributed by atoms with Crippen LogP contribution in [0, 0.1) is 0 Å². The van der Waals surface area contributed by atoms with Crippen LogP contribution in [0.2, 0.25) is 5.02 Å². The maximum atomic E-state index is 12.6. The molecule has 2 atom stereocenters. The molecule has 0 aliphatic carbocycles. The molecule has 2 N–H and O–H groups in total. The number of amides is 1. The molecular weight excluding hydrogens is 363 g/mol. The van der Waals surface area contributed by atoms with E-state index in [1.165, 1.54) is 0 Å². The molecule has 2 unspecified atom stereocenters. The van der Waals surface area contributed by atoms with Gasteiger partial charge in [0.1, 0.15) is 0 Å². The molecule has 1 aromatic rings. The van der Waals surface area contributed by atoms with Crippen LogP contribution in [-0.2, 0) is 0 Å². The van der Waals surface area contributed by atoms with E-state index in [0.717, 1.165) is 25.8 Å². The highest BCUT2D eigenvalue weighted by Gasteiger charge is 2.24. The quantitative estimate of drug-likeness (QED) is 0.742. The molecule has 2 rings (SSSR count). The fourth-order valence-corrected chi connectivity index (χ4v) is 3.06. The lowest BCUT2D eigenvalue weighted by atomic mass is 9.99. The Balaban J connectivity index is 0.00000312. The second-order valence-corrected chi connectivity index (χ2v) is 6.44. The van der Waals surface area contributed by atoms with Crippen LogP contribution in [0.1, 0.15) is 50.4 Å². The van der Waals surface area contributed by atoms with Gasteiger partial charge in [-0.3, -0.25) is 4.79 Å². The third kappa shape index (κ3) is 5.94. The van der Waals surface area contributed by atoms with Crippen molar-refractivity contribution in [3.05, 3.63) is 22.7 Å². The Morgan fingerprint density at radius 1 is 1.36 bits per heavy atom.